The summed E-state index contributed by atoms with van der Waals surface area (Å²) in [7, 11) is 2.06. The molecule has 3 heterocycles. The summed E-state index contributed by atoms with van der Waals surface area (Å²) in [6.07, 6.45) is 2.45. The van der Waals surface area contributed by atoms with Crippen LogP contribution in [0.25, 0.3) is 11.1 Å². The van der Waals surface area contributed by atoms with E-state index >= 15 is 4.39 Å². The minimum Gasteiger partial charge on any atom is -0.447 e. The molecule has 4 rings (SSSR count). The fourth-order valence-corrected chi connectivity index (χ4v) is 5.42. The molecule has 2 atom stereocenters. The predicted octanol–water partition coefficient (Wildman–Crippen LogP) is 6.03. The van der Waals surface area contributed by atoms with E-state index in [0.29, 0.717) is 67.1 Å². The summed E-state index contributed by atoms with van der Waals surface area (Å²) in [5.41, 5.74) is 2.79. The van der Waals surface area contributed by atoms with Crippen LogP contribution in [0, 0.1) is 5.82 Å². The highest BCUT2D eigenvalue weighted by atomic mass is 19.3. The molecule has 1 aromatic carbocycles. The van der Waals surface area contributed by atoms with Gasteiger partial charge < -0.3 is 19.9 Å². The first-order chi connectivity index (χ1) is 18.5. The van der Waals surface area contributed by atoms with Crippen LogP contribution in [0.15, 0.2) is 48.3 Å². The van der Waals surface area contributed by atoms with Crippen LogP contribution in [0.5, 0.6) is 0 Å². The Kier molecular flexibility index (Phi) is 8.79. The third-order valence-corrected chi connectivity index (χ3v) is 7.74. The summed E-state index contributed by atoms with van der Waals surface area (Å²) < 4.78 is 49.7. The molecule has 2 unspecified atom stereocenters. The van der Waals surface area contributed by atoms with E-state index in [-0.39, 0.29) is 29.9 Å². The molecule has 1 saturated heterocycles. The average molecular weight is 545 g/mol. The predicted molar refractivity (Wildman–Crippen MR) is 150 cm³/mol. The molecule has 39 heavy (non-hydrogen) atoms. The number of hydrogen-bond acceptors (Lipinski definition) is 5. The summed E-state index contributed by atoms with van der Waals surface area (Å²) in [6.45, 7) is 13.7. The Balaban J connectivity index is 1.75. The van der Waals surface area contributed by atoms with Crippen LogP contribution in [0.3, 0.4) is 0 Å². The van der Waals surface area contributed by atoms with E-state index in [2.05, 4.69) is 42.6 Å². The number of carbonyl (C=O) groups excluding carboxylic acids is 1. The smallest absolute Gasteiger partial charge is 0.410 e. The van der Waals surface area contributed by atoms with Crippen molar-refractivity contribution < 1.29 is 22.7 Å². The van der Waals surface area contributed by atoms with Crippen molar-refractivity contribution >= 4 is 22.9 Å². The quantitative estimate of drug-likeness (QED) is 0.491. The normalized spacial score (nSPS) is 22.8. The van der Waals surface area contributed by atoms with Crippen molar-refractivity contribution in [3.63, 3.8) is 0 Å². The fraction of sp³-hybridized carbons (Fsp3) is 0.500. The van der Waals surface area contributed by atoms with E-state index < -0.39 is 12.2 Å². The van der Waals surface area contributed by atoms with Gasteiger partial charge in [-0.3, -0.25) is 4.90 Å². The Bertz CT molecular complexity index is 1190. The SMILES string of the molecule is C=C1C=C(C(F)F)C(c2cc(C3=CCCN(C(=O)OC(C)C)CC3)c(F)cc2N2CC(C)N(C)C(C)C2)=CN1. The molecule has 0 spiro atoms. The maximum Gasteiger partial charge on any atom is 0.410 e. The third-order valence-electron chi connectivity index (χ3n) is 7.74. The molecule has 1 fully saturated rings. The van der Waals surface area contributed by atoms with Gasteiger partial charge >= 0.3 is 6.09 Å². The number of piperazine rings is 1. The summed E-state index contributed by atoms with van der Waals surface area (Å²) in [5.74, 6) is -0.409. The van der Waals surface area contributed by atoms with Crippen molar-refractivity contribution in [3.8, 4) is 0 Å². The molecule has 212 valence electrons. The Morgan fingerprint density at radius 1 is 1.13 bits per heavy atom. The number of dihydropyridines is 1. The molecule has 1 amide bonds. The van der Waals surface area contributed by atoms with Crippen LogP contribution >= 0.6 is 0 Å². The second kappa shape index (κ2) is 11.9. The molecule has 1 aromatic rings. The van der Waals surface area contributed by atoms with Crippen LogP contribution < -0.4 is 10.2 Å². The maximum atomic E-state index is 15.9. The summed E-state index contributed by atoms with van der Waals surface area (Å²) in [6, 6.07) is 3.59. The zero-order valence-corrected chi connectivity index (χ0v) is 23.4. The lowest BCUT2D eigenvalue weighted by atomic mass is 9.89. The summed E-state index contributed by atoms with van der Waals surface area (Å²) in [4.78, 5) is 18.4. The molecule has 3 aliphatic rings. The lowest BCUT2D eigenvalue weighted by Gasteiger charge is -2.44. The molecule has 1 N–H and O–H groups in total. The number of halogens is 3. The number of likely N-dealkylation sites (N-methyl/N-ethyl adjacent to an activating group) is 1. The lowest BCUT2D eigenvalue weighted by Crippen LogP contribution is -2.55. The monoisotopic (exact) mass is 544 g/mol. The van der Waals surface area contributed by atoms with Crippen LogP contribution in [-0.4, -0.2) is 73.7 Å². The number of amides is 1. The van der Waals surface area contributed by atoms with Crippen molar-refractivity contribution in [1.29, 1.82) is 0 Å². The molecular weight excluding hydrogens is 505 g/mol. The van der Waals surface area contributed by atoms with E-state index in [1.54, 1.807) is 31.0 Å². The third kappa shape index (κ3) is 6.35. The van der Waals surface area contributed by atoms with Gasteiger partial charge in [0.15, 0.2) is 0 Å². The Morgan fingerprint density at radius 2 is 1.82 bits per heavy atom. The molecule has 0 aromatic heterocycles. The molecule has 0 aliphatic carbocycles. The van der Waals surface area contributed by atoms with E-state index in [1.165, 1.54) is 12.1 Å². The second-order valence-corrected chi connectivity index (χ2v) is 10.9. The summed E-state index contributed by atoms with van der Waals surface area (Å²) in [5, 5.41) is 2.97. The van der Waals surface area contributed by atoms with Crippen molar-refractivity contribution in [3.05, 3.63) is 65.3 Å². The van der Waals surface area contributed by atoms with Gasteiger partial charge in [0.2, 0.25) is 0 Å². The van der Waals surface area contributed by atoms with Crippen LogP contribution in [0.4, 0.5) is 23.7 Å². The van der Waals surface area contributed by atoms with Gasteiger partial charge in [-0.05, 0) is 71.4 Å². The average Bonchev–Trinajstić information content (AvgIpc) is 3.13. The van der Waals surface area contributed by atoms with Crippen molar-refractivity contribution in [1.82, 2.24) is 15.1 Å². The van der Waals surface area contributed by atoms with Gasteiger partial charge in [-0.2, -0.15) is 0 Å². The number of ether oxygens (including phenoxy) is 1. The number of benzene rings is 1. The van der Waals surface area contributed by atoms with Crippen LogP contribution in [0.1, 0.15) is 51.7 Å². The second-order valence-electron chi connectivity index (χ2n) is 10.9. The number of allylic oxidation sites excluding steroid dienone is 3. The standard InChI is InChI=1S/C30H39F3N4O2/c1-18(2)39-30(38)36-10-7-8-22(9-11-36)23-13-24(26-15-34-19(3)12-25(26)29(32)33)28(14-27(23)31)37-16-20(4)35(6)21(5)17-37/h8,12-15,18,20-21,29,34H,3,7,9-11,16-17H2,1-2,4-6H3. The molecule has 0 radical (unpaired) electrons. The number of nitrogens with one attached hydrogen (secondary N) is 1. The number of anilines is 1. The van der Waals surface area contributed by atoms with Gasteiger partial charge in [-0.25, -0.2) is 18.0 Å². The van der Waals surface area contributed by atoms with Crippen LogP contribution in [-0.2, 0) is 4.74 Å². The van der Waals surface area contributed by atoms with E-state index in [0.717, 1.165) is 5.57 Å². The van der Waals surface area contributed by atoms with E-state index in [1.807, 2.05) is 6.08 Å². The first-order valence-corrected chi connectivity index (χ1v) is 13.6. The van der Waals surface area contributed by atoms with Crippen molar-refractivity contribution in [2.45, 2.75) is 65.1 Å². The van der Waals surface area contributed by atoms with Gasteiger partial charge in [0.05, 0.1) is 6.10 Å². The zero-order chi connectivity index (χ0) is 28.4. The highest BCUT2D eigenvalue weighted by Gasteiger charge is 2.31. The molecular formula is C30H39F3N4O2. The zero-order valence-electron chi connectivity index (χ0n) is 23.4. The highest BCUT2D eigenvalue weighted by molar-refractivity contribution is 5.90. The topological polar surface area (TPSA) is 48.1 Å². The Morgan fingerprint density at radius 3 is 2.46 bits per heavy atom. The van der Waals surface area contributed by atoms with Gasteiger partial charge in [-0.15, -0.1) is 0 Å². The van der Waals surface area contributed by atoms with E-state index in [4.69, 9.17) is 4.74 Å². The van der Waals surface area contributed by atoms with Crippen molar-refractivity contribution in [2.24, 2.45) is 0 Å². The lowest BCUT2D eigenvalue weighted by molar-refractivity contribution is 0.0783. The number of rotatable bonds is 5. The summed E-state index contributed by atoms with van der Waals surface area (Å²) >= 11 is 0. The van der Waals surface area contributed by atoms with Crippen LogP contribution in [0.2, 0.25) is 0 Å². The van der Waals surface area contributed by atoms with E-state index in [9.17, 15) is 13.6 Å². The minimum absolute atomic E-state index is 0.148. The number of carbonyl (C=O) groups is 1. The fourth-order valence-electron chi connectivity index (χ4n) is 5.42. The largest absolute Gasteiger partial charge is 0.447 e. The first kappa shape index (κ1) is 28.8. The van der Waals surface area contributed by atoms with Gasteiger partial charge in [0.25, 0.3) is 6.43 Å². The number of nitrogens with zero attached hydrogens (tertiary/aromatic N) is 3. The Labute approximate surface area is 229 Å². The molecule has 0 saturated carbocycles. The molecule has 3 aliphatic heterocycles. The first-order valence-electron chi connectivity index (χ1n) is 13.6. The maximum absolute atomic E-state index is 15.9. The molecule has 0 bridgehead atoms. The highest BCUT2D eigenvalue weighted by Crippen LogP contribution is 2.40. The van der Waals surface area contributed by atoms with Gasteiger partial charge in [-0.1, -0.05) is 12.7 Å². The Hall–Kier alpha value is -3.20. The van der Waals surface area contributed by atoms with Gasteiger partial charge in [0, 0.05) is 78.1 Å². The number of alkyl halides is 2. The minimum atomic E-state index is -2.72. The van der Waals surface area contributed by atoms with Crippen molar-refractivity contribution in [2.75, 3.05) is 38.1 Å². The molecule has 9 heteroatoms. The number of hydrogen-bond donors (Lipinski definition) is 1. The van der Waals surface area contributed by atoms with Gasteiger partial charge in [0.1, 0.15) is 5.82 Å². The molecule has 6 nitrogen and oxygen atoms in total.